The minimum absolute atomic E-state index is 0.287. The Morgan fingerprint density at radius 1 is 0.446 bits per heavy atom. The first-order valence-electron chi connectivity index (χ1n) is 22.4. The van der Waals surface area contributed by atoms with E-state index < -0.39 is 5.41 Å². The molecule has 0 saturated heterocycles. The summed E-state index contributed by atoms with van der Waals surface area (Å²) in [6.45, 7) is 0. The predicted molar refractivity (Wildman–Crippen MR) is 266 cm³/mol. The van der Waals surface area contributed by atoms with Crippen molar-refractivity contribution in [1.29, 1.82) is 0 Å². The SMILES string of the molecule is C1=C(c2ccc(-n3c4ccccc4c4ccccc43)cc2)NC(c2ccccc2)N=C1c1ccc2c(c1)C1(c3ccccc3-2)c2ccc3ccccc3c2Oc2c1ccc1ccccc21. The molecule has 11 aromatic rings. The maximum Gasteiger partial charge on any atom is 0.145 e. The number of benzene rings is 10. The molecule has 1 aliphatic carbocycles. The van der Waals surface area contributed by atoms with Gasteiger partial charge in [-0.15, -0.1) is 0 Å². The van der Waals surface area contributed by atoms with Crippen molar-refractivity contribution >= 4 is 54.8 Å². The summed E-state index contributed by atoms with van der Waals surface area (Å²) < 4.78 is 9.59. The summed E-state index contributed by atoms with van der Waals surface area (Å²) >= 11 is 0. The number of hydrogen-bond acceptors (Lipinski definition) is 3. The maximum absolute atomic E-state index is 7.22. The van der Waals surface area contributed by atoms with Crippen LogP contribution in [0.4, 0.5) is 0 Å². The van der Waals surface area contributed by atoms with Crippen LogP contribution in [-0.2, 0) is 5.41 Å². The lowest BCUT2D eigenvalue weighted by atomic mass is 9.65. The fourth-order valence-electron chi connectivity index (χ4n) is 11.2. The lowest BCUT2D eigenvalue weighted by molar-refractivity contribution is 0.447. The first kappa shape index (κ1) is 36.1. The van der Waals surface area contributed by atoms with Crippen molar-refractivity contribution < 1.29 is 4.74 Å². The quantitative estimate of drug-likeness (QED) is 0.192. The Kier molecular flexibility index (Phi) is 7.63. The van der Waals surface area contributed by atoms with Gasteiger partial charge in [0.25, 0.3) is 0 Å². The van der Waals surface area contributed by atoms with Crippen molar-refractivity contribution in [3.8, 4) is 28.3 Å². The zero-order valence-corrected chi connectivity index (χ0v) is 35.2. The molecule has 1 N–H and O–H groups in total. The Balaban J connectivity index is 0.967. The number of aromatic nitrogens is 1. The molecule has 304 valence electrons. The molecule has 4 heteroatoms. The highest BCUT2D eigenvalue weighted by Gasteiger charge is 2.52. The number of aliphatic imine (C=N–C) groups is 1. The molecule has 3 heterocycles. The third-order valence-corrected chi connectivity index (χ3v) is 14.1. The summed E-state index contributed by atoms with van der Waals surface area (Å²) in [4.78, 5) is 5.50. The zero-order chi connectivity index (χ0) is 42.6. The largest absolute Gasteiger partial charge is 0.455 e. The van der Waals surface area contributed by atoms with Crippen LogP contribution in [0.2, 0.25) is 0 Å². The average Bonchev–Trinajstić information content (AvgIpc) is 3.87. The van der Waals surface area contributed by atoms with Gasteiger partial charge in [-0.2, -0.15) is 0 Å². The van der Waals surface area contributed by atoms with E-state index in [1.54, 1.807) is 0 Å². The van der Waals surface area contributed by atoms with Gasteiger partial charge in [-0.1, -0.05) is 188 Å². The van der Waals surface area contributed by atoms with Crippen LogP contribution in [-0.4, -0.2) is 10.3 Å². The van der Waals surface area contributed by atoms with Crippen LogP contribution in [0.25, 0.3) is 65.9 Å². The second-order valence-corrected chi connectivity index (χ2v) is 17.4. The van der Waals surface area contributed by atoms with Gasteiger partial charge >= 0.3 is 0 Å². The molecule has 1 spiro atoms. The summed E-state index contributed by atoms with van der Waals surface area (Å²) in [5, 5.41) is 10.9. The number of ether oxygens (including phenoxy) is 1. The molecule has 1 unspecified atom stereocenters. The molecule has 3 aliphatic rings. The highest BCUT2D eigenvalue weighted by Crippen LogP contribution is 2.64. The smallest absolute Gasteiger partial charge is 0.145 e. The average molecular weight is 830 g/mol. The van der Waals surface area contributed by atoms with E-state index in [-0.39, 0.29) is 6.17 Å². The standard InChI is InChI=1S/C61H39N3O/c1-2-16-41(17-3-1)60-62-54(40-26-31-43(32-27-40)64-56-24-12-9-21-48(56)49-22-10-13-25-57(49)64)37-55(63-60)42-28-33-47-46-20-8-11-23-50(46)61(53(47)36-42)51-34-29-38-14-4-6-18-44(38)58(51)65-59-45-19-7-5-15-39(45)30-35-52(59)61/h1-37,60,62H. The molecule has 10 aromatic carbocycles. The Hall–Kier alpha value is -8.47. The third kappa shape index (κ3) is 5.16. The Labute approximate surface area is 376 Å². The molecular weight excluding hydrogens is 791 g/mol. The van der Waals surface area contributed by atoms with E-state index in [4.69, 9.17) is 9.73 Å². The van der Waals surface area contributed by atoms with Crippen LogP contribution in [0.15, 0.2) is 229 Å². The number of fused-ring (bicyclic) bond motifs is 16. The fraction of sp³-hybridized carbons (Fsp3) is 0.0328. The van der Waals surface area contributed by atoms with Crippen LogP contribution in [0.3, 0.4) is 0 Å². The number of rotatable bonds is 4. The number of nitrogens with one attached hydrogen (secondary N) is 1. The van der Waals surface area contributed by atoms with Gasteiger partial charge in [-0.25, -0.2) is 0 Å². The van der Waals surface area contributed by atoms with E-state index in [0.717, 1.165) is 78.0 Å². The molecule has 2 aliphatic heterocycles. The van der Waals surface area contributed by atoms with Crippen molar-refractivity contribution in [2.45, 2.75) is 11.6 Å². The molecule has 1 aromatic heterocycles. The number of hydrogen-bond donors (Lipinski definition) is 1. The lowest BCUT2D eigenvalue weighted by Crippen LogP contribution is -2.32. The summed E-state index contributed by atoms with van der Waals surface area (Å²) in [7, 11) is 0. The van der Waals surface area contributed by atoms with Gasteiger partial charge in [-0.3, -0.25) is 4.99 Å². The Morgan fingerprint density at radius 2 is 1.00 bits per heavy atom. The van der Waals surface area contributed by atoms with Gasteiger partial charge in [-0.05, 0) is 80.6 Å². The predicted octanol–water partition coefficient (Wildman–Crippen LogP) is 14.7. The Morgan fingerprint density at radius 3 is 1.68 bits per heavy atom. The van der Waals surface area contributed by atoms with Crippen LogP contribution in [0.1, 0.15) is 45.1 Å². The van der Waals surface area contributed by atoms with Crippen molar-refractivity contribution in [2.75, 3.05) is 0 Å². The van der Waals surface area contributed by atoms with Gasteiger partial charge in [0.2, 0.25) is 0 Å². The van der Waals surface area contributed by atoms with E-state index in [1.807, 2.05) is 0 Å². The van der Waals surface area contributed by atoms with E-state index >= 15 is 0 Å². The molecular formula is C61H39N3O. The third-order valence-electron chi connectivity index (χ3n) is 14.1. The maximum atomic E-state index is 7.22. The molecule has 0 amide bonds. The molecule has 0 saturated carbocycles. The summed E-state index contributed by atoms with van der Waals surface area (Å²) in [6.07, 6.45) is 1.95. The summed E-state index contributed by atoms with van der Waals surface area (Å²) in [5.41, 5.74) is 15.3. The van der Waals surface area contributed by atoms with Gasteiger partial charge in [0.05, 0.1) is 22.2 Å². The van der Waals surface area contributed by atoms with Crippen LogP contribution in [0, 0.1) is 0 Å². The van der Waals surface area contributed by atoms with Crippen molar-refractivity contribution in [3.05, 3.63) is 263 Å². The molecule has 4 nitrogen and oxygen atoms in total. The highest BCUT2D eigenvalue weighted by atomic mass is 16.5. The molecule has 0 bridgehead atoms. The van der Waals surface area contributed by atoms with Crippen LogP contribution in [0.5, 0.6) is 11.5 Å². The normalized spacial score (nSPS) is 15.5. The molecule has 1 atom stereocenters. The molecule has 14 rings (SSSR count). The summed E-state index contributed by atoms with van der Waals surface area (Å²) in [6, 6.07) is 79.2. The van der Waals surface area contributed by atoms with Crippen LogP contribution >= 0.6 is 0 Å². The monoisotopic (exact) mass is 829 g/mol. The number of para-hydroxylation sites is 2. The fourth-order valence-corrected chi connectivity index (χ4v) is 11.2. The number of allylic oxidation sites excluding steroid dienone is 1. The van der Waals surface area contributed by atoms with Gasteiger partial charge in [0.15, 0.2) is 0 Å². The second-order valence-electron chi connectivity index (χ2n) is 17.4. The minimum atomic E-state index is -0.652. The zero-order valence-electron chi connectivity index (χ0n) is 35.2. The Bertz CT molecular complexity index is 3700. The van der Waals surface area contributed by atoms with E-state index in [0.29, 0.717) is 0 Å². The van der Waals surface area contributed by atoms with Crippen molar-refractivity contribution in [1.82, 2.24) is 9.88 Å². The van der Waals surface area contributed by atoms with Crippen LogP contribution < -0.4 is 10.1 Å². The minimum Gasteiger partial charge on any atom is -0.455 e. The first-order valence-corrected chi connectivity index (χ1v) is 22.4. The van der Waals surface area contributed by atoms with Crippen molar-refractivity contribution in [3.63, 3.8) is 0 Å². The van der Waals surface area contributed by atoms with E-state index in [1.165, 1.54) is 44.1 Å². The van der Waals surface area contributed by atoms with E-state index in [9.17, 15) is 0 Å². The van der Waals surface area contributed by atoms with E-state index in [2.05, 4.69) is 234 Å². The number of nitrogens with zero attached hydrogens (tertiary/aromatic N) is 2. The molecule has 65 heavy (non-hydrogen) atoms. The molecule has 0 fully saturated rings. The van der Waals surface area contributed by atoms with Gasteiger partial charge < -0.3 is 14.6 Å². The van der Waals surface area contributed by atoms with Crippen molar-refractivity contribution in [2.24, 2.45) is 4.99 Å². The lowest BCUT2D eigenvalue weighted by Gasteiger charge is -2.40. The summed E-state index contributed by atoms with van der Waals surface area (Å²) in [5.74, 6) is 1.82. The van der Waals surface area contributed by atoms with Gasteiger partial charge in [0, 0.05) is 49.6 Å². The topological polar surface area (TPSA) is 38.5 Å². The first-order chi connectivity index (χ1) is 32.2. The van der Waals surface area contributed by atoms with Gasteiger partial charge in [0.1, 0.15) is 17.7 Å². The molecule has 0 radical (unpaired) electrons. The highest BCUT2D eigenvalue weighted by molar-refractivity contribution is 6.14. The second kappa shape index (κ2) is 13.8.